The minimum atomic E-state index is -1.72. The van der Waals surface area contributed by atoms with E-state index in [4.69, 9.17) is 38.6 Å². The molecule has 0 aromatic heterocycles. The maximum atomic E-state index is 11.7. The molecule has 0 aromatic carbocycles. The second-order valence-electron chi connectivity index (χ2n) is 17.4. The summed E-state index contributed by atoms with van der Waals surface area (Å²) in [6.07, 6.45) is -3.93. The van der Waals surface area contributed by atoms with E-state index in [0.717, 1.165) is 20.3 Å². The van der Waals surface area contributed by atoms with Gasteiger partial charge in [-0.2, -0.15) is 0 Å². The molecule has 3 amide bonds. The van der Waals surface area contributed by atoms with Crippen LogP contribution in [0.25, 0.3) is 0 Å². The monoisotopic (exact) mass is 986 g/mol. The summed E-state index contributed by atoms with van der Waals surface area (Å²) in [5.74, 6) is -3.57. The van der Waals surface area contributed by atoms with Gasteiger partial charge in [0.15, 0.2) is 12.6 Å². The Hall–Kier alpha value is -3.11. The summed E-state index contributed by atoms with van der Waals surface area (Å²) in [6.45, 7) is 7.05. The first kappa shape index (κ1) is 62.9. The lowest BCUT2D eigenvalue weighted by Crippen LogP contribution is -2.61. The lowest BCUT2D eigenvalue weighted by atomic mass is 9.79. The molecule has 0 bridgehead atoms. The number of carbonyl (C=O) groups is 3. The van der Waals surface area contributed by atoms with Gasteiger partial charge in [0.25, 0.3) is 0 Å². The van der Waals surface area contributed by atoms with Crippen molar-refractivity contribution in [3.8, 4) is 0 Å². The van der Waals surface area contributed by atoms with Gasteiger partial charge < -0.3 is 101 Å². The molecular weight excluding hydrogens is 902 g/mol. The Labute approximate surface area is 399 Å². The van der Waals surface area contributed by atoms with Crippen LogP contribution < -0.4 is 16.0 Å². The lowest BCUT2D eigenvalue weighted by molar-refractivity contribution is -0.142. The number of ether oxygens (including phenoxy) is 6. The number of aliphatic hydroxyl groups excluding tert-OH is 11. The first-order valence-corrected chi connectivity index (χ1v) is 23.5. The standard InChI is InChI=1S/C45H83N3O20/c1-29(52)46-36-35(24-32(25-51)39(57)42(36)60)66-21-11-5-8-18-63-26-45(4,27-64-19-9-6-12-22-67-43(61)37(47-30(2)53)40(58)33(55)14-16-49)28-65-20-10-7-13-23-68-44(62)38(48-31(3)54)41(59)34(56)15-17-50/h32-36,39,42-44,49-51,55-62H,5-28H2,1-4H3,(H,46,52)(H,47,53)(H,48,54)/b40-37+,41-38+/t32?,33-,34-,35+,36?,39-,42?,43-,44-/m0/s1. The summed E-state index contributed by atoms with van der Waals surface area (Å²) in [5, 5.41) is 117. The molecule has 0 spiro atoms. The van der Waals surface area contributed by atoms with Crippen LogP contribution in [0.15, 0.2) is 22.9 Å². The predicted octanol–water partition coefficient (Wildman–Crippen LogP) is -0.855. The SMILES string of the molecule is CC(=O)N/C(=C(/O)[C@@H](O)CCO)[C@@H](O)OCCCCCOCC(C)(COCCCCCO[C@H](O)/C(NC(C)=O)=C(\O)[C@@H](O)CCO)COCCCCCO[C@@H]1CC(CO)[C@H](O)C(O)C1NC(C)=O. The fourth-order valence-corrected chi connectivity index (χ4v) is 7.14. The zero-order valence-corrected chi connectivity index (χ0v) is 40.3. The third-order valence-corrected chi connectivity index (χ3v) is 10.9. The highest BCUT2D eigenvalue weighted by Gasteiger charge is 2.44. The first-order valence-electron chi connectivity index (χ1n) is 23.5. The van der Waals surface area contributed by atoms with Crippen molar-refractivity contribution in [1.82, 2.24) is 16.0 Å². The molecule has 1 fully saturated rings. The summed E-state index contributed by atoms with van der Waals surface area (Å²) in [7, 11) is 0. The zero-order valence-electron chi connectivity index (χ0n) is 40.3. The third kappa shape index (κ3) is 25.7. The molecule has 0 heterocycles. The van der Waals surface area contributed by atoms with Crippen molar-refractivity contribution in [2.45, 2.75) is 154 Å². The number of hydrogen-bond donors (Lipinski definition) is 14. The van der Waals surface area contributed by atoms with Crippen molar-refractivity contribution in [2.24, 2.45) is 11.3 Å². The van der Waals surface area contributed by atoms with Gasteiger partial charge in [0.2, 0.25) is 17.7 Å². The molecule has 3 unspecified atom stereocenters. The van der Waals surface area contributed by atoms with Crippen molar-refractivity contribution >= 4 is 17.7 Å². The van der Waals surface area contributed by atoms with E-state index in [2.05, 4.69) is 16.0 Å². The number of nitrogens with one attached hydrogen (secondary N) is 3. The van der Waals surface area contributed by atoms with Crippen molar-refractivity contribution in [3.63, 3.8) is 0 Å². The van der Waals surface area contributed by atoms with Crippen LogP contribution in [-0.2, 0) is 42.8 Å². The second-order valence-corrected chi connectivity index (χ2v) is 17.4. The molecule has 1 aliphatic rings. The van der Waals surface area contributed by atoms with E-state index < -0.39 is 108 Å². The van der Waals surface area contributed by atoms with Crippen LogP contribution in [0, 0.1) is 11.3 Å². The average Bonchev–Trinajstić information content (AvgIpc) is 3.28. The summed E-state index contributed by atoms with van der Waals surface area (Å²) in [4.78, 5) is 34.9. The summed E-state index contributed by atoms with van der Waals surface area (Å²) in [6, 6.07) is -0.805. The van der Waals surface area contributed by atoms with Gasteiger partial charge in [-0.25, -0.2) is 0 Å². The van der Waals surface area contributed by atoms with Crippen LogP contribution in [0.4, 0.5) is 0 Å². The normalized spacial score (nSPS) is 22.0. The van der Waals surface area contributed by atoms with Gasteiger partial charge in [-0.15, -0.1) is 0 Å². The fourth-order valence-electron chi connectivity index (χ4n) is 7.14. The van der Waals surface area contributed by atoms with Crippen molar-refractivity contribution in [3.05, 3.63) is 22.9 Å². The Morgan fingerprint density at radius 2 is 0.985 bits per heavy atom. The topological polar surface area (TPSA) is 365 Å². The Morgan fingerprint density at radius 1 is 0.588 bits per heavy atom. The zero-order chi connectivity index (χ0) is 51.1. The number of unbranched alkanes of at least 4 members (excludes halogenated alkanes) is 6. The van der Waals surface area contributed by atoms with Crippen LogP contribution in [0.2, 0.25) is 0 Å². The van der Waals surface area contributed by atoms with Gasteiger partial charge in [-0.05, 0) is 64.2 Å². The highest BCUT2D eigenvalue weighted by molar-refractivity contribution is 5.75. The largest absolute Gasteiger partial charge is 0.508 e. The highest BCUT2D eigenvalue weighted by atomic mass is 16.6. The van der Waals surface area contributed by atoms with E-state index in [-0.39, 0.29) is 45.0 Å². The van der Waals surface area contributed by atoms with Crippen LogP contribution in [0.3, 0.4) is 0 Å². The van der Waals surface area contributed by atoms with E-state index in [1.54, 1.807) is 0 Å². The summed E-state index contributed by atoms with van der Waals surface area (Å²) >= 11 is 0. The highest BCUT2D eigenvalue weighted by Crippen LogP contribution is 2.28. The average molecular weight is 986 g/mol. The molecule has 14 N–H and O–H groups in total. The van der Waals surface area contributed by atoms with Crippen molar-refractivity contribution in [2.75, 3.05) is 79.3 Å². The van der Waals surface area contributed by atoms with E-state index in [1.807, 2.05) is 6.92 Å². The van der Waals surface area contributed by atoms with Crippen LogP contribution in [-0.4, -0.2) is 202 Å². The molecule has 398 valence electrons. The molecule has 0 aromatic rings. The maximum absolute atomic E-state index is 11.7. The fraction of sp³-hybridized carbons (Fsp3) is 0.844. The Morgan fingerprint density at radius 3 is 1.35 bits per heavy atom. The van der Waals surface area contributed by atoms with E-state index >= 15 is 0 Å². The van der Waals surface area contributed by atoms with Crippen LogP contribution in [0.1, 0.15) is 105 Å². The molecular formula is C45H83N3O20. The molecule has 1 aliphatic carbocycles. The molecule has 0 radical (unpaired) electrons. The first-order chi connectivity index (χ1) is 32.3. The van der Waals surface area contributed by atoms with Crippen molar-refractivity contribution < 1.29 is 99.0 Å². The Kier molecular flexibility index (Phi) is 33.2. The number of amides is 3. The molecule has 1 rings (SSSR count). The number of hydrogen-bond acceptors (Lipinski definition) is 20. The van der Waals surface area contributed by atoms with Gasteiger partial charge in [-0.1, -0.05) is 6.92 Å². The number of aliphatic hydroxyl groups is 11. The smallest absolute Gasteiger partial charge is 0.221 e. The summed E-state index contributed by atoms with van der Waals surface area (Å²) in [5.41, 5.74) is -1.35. The number of carbonyl (C=O) groups excluding carboxylic acids is 3. The van der Waals surface area contributed by atoms with E-state index in [1.165, 1.54) is 6.92 Å². The Balaban J connectivity index is 2.67. The van der Waals surface area contributed by atoms with Gasteiger partial charge >= 0.3 is 0 Å². The Bertz CT molecular complexity index is 1400. The lowest BCUT2D eigenvalue weighted by Gasteiger charge is -2.42. The molecule has 9 atom stereocenters. The van der Waals surface area contributed by atoms with Gasteiger partial charge in [-0.3, -0.25) is 14.4 Å². The molecule has 68 heavy (non-hydrogen) atoms. The molecule has 23 heteroatoms. The minimum absolute atomic E-state index is 0.0653. The third-order valence-electron chi connectivity index (χ3n) is 10.9. The maximum Gasteiger partial charge on any atom is 0.221 e. The van der Waals surface area contributed by atoms with Gasteiger partial charge in [0.1, 0.15) is 41.2 Å². The summed E-state index contributed by atoms with van der Waals surface area (Å²) < 4.78 is 34.9. The van der Waals surface area contributed by atoms with E-state index in [9.17, 15) is 60.3 Å². The van der Waals surface area contributed by atoms with Gasteiger partial charge in [0, 0.05) is 91.2 Å². The van der Waals surface area contributed by atoms with Crippen LogP contribution in [0.5, 0.6) is 0 Å². The van der Waals surface area contributed by atoms with Gasteiger partial charge in [0.05, 0.1) is 51.3 Å². The minimum Gasteiger partial charge on any atom is -0.508 e. The molecule has 0 saturated heterocycles. The molecule has 0 aliphatic heterocycles. The van der Waals surface area contributed by atoms with Crippen LogP contribution >= 0.6 is 0 Å². The molecule has 1 saturated carbocycles. The molecule has 23 nitrogen and oxygen atoms in total. The predicted molar refractivity (Wildman–Crippen MR) is 243 cm³/mol. The van der Waals surface area contributed by atoms with E-state index in [0.29, 0.717) is 97.6 Å². The number of rotatable bonds is 39. The second kappa shape index (κ2) is 35.9. The van der Waals surface area contributed by atoms with Crippen molar-refractivity contribution in [1.29, 1.82) is 0 Å². The quantitative estimate of drug-likeness (QED) is 0.0203.